The van der Waals surface area contributed by atoms with Crippen LogP contribution in [0.25, 0.3) is 0 Å². The van der Waals surface area contributed by atoms with Crippen molar-refractivity contribution in [2.24, 2.45) is 0 Å². The highest BCUT2D eigenvalue weighted by Crippen LogP contribution is 2.34. The van der Waals surface area contributed by atoms with Crippen LogP contribution in [-0.4, -0.2) is 34.8 Å². The van der Waals surface area contributed by atoms with Gasteiger partial charge in [0, 0.05) is 25.8 Å². The molecule has 1 aromatic rings. The minimum absolute atomic E-state index is 0.111. The van der Waals surface area contributed by atoms with E-state index in [1.807, 2.05) is 11.8 Å². The average molecular weight is 421 g/mol. The van der Waals surface area contributed by atoms with Crippen molar-refractivity contribution in [3.63, 3.8) is 0 Å². The number of nitrogens with zero attached hydrogens (tertiary/aromatic N) is 1. The van der Waals surface area contributed by atoms with Crippen molar-refractivity contribution in [3.8, 4) is 0 Å². The van der Waals surface area contributed by atoms with Crippen molar-refractivity contribution in [2.45, 2.75) is 64.4 Å². The zero-order valence-corrected chi connectivity index (χ0v) is 17.4. The second kappa shape index (κ2) is 8.38. The molecule has 1 unspecified atom stereocenters. The smallest absolute Gasteiger partial charge is 0.416 e. The van der Waals surface area contributed by atoms with Crippen LogP contribution in [0.2, 0.25) is 0 Å². The van der Waals surface area contributed by atoms with E-state index in [0.717, 1.165) is 23.3 Å². The molecule has 0 saturated heterocycles. The molecule has 0 spiro atoms. The molecule has 162 valence electrons. The molecule has 1 atom stereocenters. The van der Waals surface area contributed by atoms with Crippen LogP contribution in [0.3, 0.4) is 0 Å². The molecular weight excluding hydrogens is 395 g/mol. The second-order valence-electron chi connectivity index (χ2n) is 8.39. The van der Waals surface area contributed by atoms with Gasteiger partial charge in [-0.15, -0.1) is 0 Å². The van der Waals surface area contributed by atoms with Crippen molar-refractivity contribution >= 4 is 11.6 Å². The highest BCUT2D eigenvalue weighted by Gasteiger charge is 2.42. The Bertz CT molecular complexity index is 899. The average Bonchev–Trinajstić information content (AvgIpc) is 2.67. The lowest BCUT2D eigenvalue weighted by Gasteiger charge is -2.44. The molecule has 2 aliphatic rings. The number of Topliss-reactive ketones (excluding diaryl/α,β-unsaturated/α-hetero) is 2. The number of allylic oxidation sites excluding steroid dienone is 1. The molecule has 4 nitrogen and oxygen atoms in total. The minimum atomic E-state index is -4.45. The summed E-state index contributed by atoms with van der Waals surface area (Å²) in [5, 5.41) is 0. The summed E-state index contributed by atoms with van der Waals surface area (Å²) in [6.07, 6.45) is -0.214. The quantitative estimate of drug-likeness (QED) is 0.639. The Morgan fingerprint density at radius 1 is 1.23 bits per heavy atom. The first-order chi connectivity index (χ1) is 14.0. The summed E-state index contributed by atoms with van der Waals surface area (Å²) in [6, 6.07) is 4.88. The Labute approximate surface area is 174 Å². The van der Waals surface area contributed by atoms with Gasteiger partial charge in [-0.2, -0.15) is 13.2 Å². The van der Waals surface area contributed by atoms with E-state index in [0.29, 0.717) is 31.4 Å². The molecule has 1 aliphatic heterocycles. The van der Waals surface area contributed by atoms with E-state index in [4.69, 9.17) is 4.74 Å². The molecule has 30 heavy (non-hydrogen) atoms. The maximum absolute atomic E-state index is 13.2. The number of carbonyl (C=O) groups excluding carboxylic acids is 2. The van der Waals surface area contributed by atoms with Gasteiger partial charge in [0.25, 0.3) is 0 Å². The maximum Gasteiger partial charge on any atom is 0.416 e. The number of ether oxygens (including phenoxy) is 1. The van der Waals surface area contributed by atoms with E-state index >= 15 is 0 Å². The van der Waals surface area contributed by atoms with Gasteiger partial charge in [-0.3, -0.25) is 9.59 Å². The minimum Gasteiger partial charge on any atom is -0.479 e. The van der Waals surface area contributed by atoms with Crippen LogP contribution in [-0.2, 0) is 26.9 Å². The van der Waals surface area contributed by atoms with Gasteiger partial charge in [0.1, 0.15) is 5.78 Å². The Balaban J connectivity index is 1.84. The lowest BCUT2D eigenvalue weighted by atomic mass is 9.86. The van der Waals surface area contributed by atoms with Crippen molar-refractivity contribution in [1.29, 1.82) is 0 Å². The van der Waals surface area contributed by atoms with Gasteiger partial charge in [0.2, 0.25) is 0 Å². The van der Waals surface area contributed by atoms with Gasteiger partial charge in [-0.25, -0.2) is 4.90 Å². The Hall–Kier alpha value is -2.41. The number of hydrogen-bond acceptors (Lipinski definition) is 4. The predicted octanol–water partition coefficient (Wildman–Crippen LogP) is 4.84. The summed E-state index contributed by atoms with van der Waals surface area (Å²) in [6.45, 7) is 5.91. The topological polar surface area (TPSA) is 46.6 Å². The molecule has 0 bridgehead atoms. The second-order valence-corrected chi connectivity index (χ2v) is 8.39. The number of benzene rings is 1. The van der Waals surface area contributed by atoms with Crippen LogP contribution in [0.1, 0.15) is 51.2 Å². The van der Waals surface area contributed by atoms with Gasteiger partial charge >= 0.3 is 6.18 Å². The van der Waals surface area contributed by atoms with Crippen molar-refractivity contribution in [3.05, 3.63) is 58.9 Å². The molecule has 0 radical (unpaired) electrons. The van der Waals surface area contributed by atoms with E-state index in [1.165, 1.54) is 12.1 Å². The molecule has 1 aliphatic carbocycles. The molecule has 0 N–H and O–H groups in total. The van der Waals surface area contributed by atoms with Crippen LogP contribution in [0.15, 0.2) is 47.7 Å². The fraction of sp³-hybridized carbons (Fsp3) is 0.478. The Morgan fingerprint density at radius 2 is 1.97 bits per heavy atom. The van der Waals surface area contributed by atoms with E-state index in [1.54, 1.807) is 26.2 Å². The molecule has 3 rings (SSSR count). The van der Waals surface area contributed by atoms with Crippen LogP contribution in [0.4, 0.5) is 13.2 Å². The summed E-state index contributed by atoms with van der Waals surface area (Å²) in [4.78, 5) is 26.9. The lowest BCUT2D eigenvalue weighted by Crippen LogP contribution is -2.57. The molecule has 1 heterocycles. The first-order valence-electron chi connectivity index (χ1n) is 9.97. The normalized spacial score (nSPS) is 21.0. The molecule has 0 saturated carbocycles. The fourth-order valence-corrected chi connectivity index (χ4v) is 3.99. The molecule has 0 fully saturated rings. The third kappa shape index (κ3) is 4.67. The summed E-state index contributed by atoms with van der Waals surface area (Å²) < 4.78 is 44.9. The van der Waals surface area contributed by atoms with Crippen LogP contribution in [0.5, 0.6) is 0 Å². The first kappa shape index (κ1) is 22.3. The number of alkyl halides is 3. The van der Waals surface area contributed by atoms with Crippen molar-refractivity contribution in [1.82, 2.24) is 4.90 Å². The van der Waals surface area contributed by atoms with Gasteiger partial charge in [0.15, 0.2) is 12.0 Å². The largest absolute Gasteiger partial charge is 0.479 e. The predicted molar refractivity (Wildman–Crippen MR) is 107 cm³/mol. The van der Waals surface area contributed by atoms with E-state index in [2.05, 4.69) is 0 Å². The maximum atomic E-state index is 13.2. The fourth-order valence-electron chi connectivity index (χ4n) is 3.99. The van der Waals surface area contributed by atoms with Gasteiger partial charge < -0.3 is 4.74 Å². The number of carbonyl (C=O) groups is 2. The van der Waals surface area contributed by atoms with Crippen LogP contribution >= 0.6 is 0 Å². The van der Waals surface area contributed by atoms with Crippen molar-refractivity contribution in [2.75, 3.05) is 6.54 Å². The highest BCUT2D eigenvalue weighted by molar-refractivity contribution is 5.89. The van der Waals surface area contributed by atoms with Gasteiger partial charge in [0.05, 0.1) is 17.4 Å². The Morgan fingerprint density at radius 3 is 2.63 bits per heavy atom. The van der Waals surface area contributed by atoms with Gasteiger partial charge in [-0.1, -0.05) is 23.8 Å². The van der Waals surface area contributed by atoms with E-state index in [9.17, 15) is 22.8 Å². The van der Waals surface area contributed by atoms with Crippen LogP contribution in [0, 0.1) is 0 Å². The summed E-state index contributed by atoms with van der Waals surface area (Å²) in [5.41, 5.74) is 0.543. The van der Waals surface area contributed by atoms with E-state index < -0.39 is 23.5 Å². The number of hydrogen-bond donors (Lipinski definition) is 0. The standard InChI is InChI=1S/C23H26F3NO3/c1-15-12-18(28)8-9-19(15)21-27(10-5-11-30-21)22(2,3)20(29)14-16-6-4-7-17(13-16)23(24,25)26/h4-7,11,13,21H,8-10,12,14H2,1-3H3. The monoisotopic (exact) mass is 421 g/mol. The number of ketones is 2. The van der Waals surface area contributed by atoms with Gasteiger partial charge in [-0.05, 0) is 50.5 Å². The molecule has 7 heteroatoms. The number of rotatable bonds is 5. The Kier molecular flexibility index (Phi) is 6.22. The van der Waals surface area contributed by atoms with E-state index in [-0.39, 0.29) is 18.0 Å². The van der Waals surface area contributed by atoms with Crippen molar-refractivity contribution < 1.29 is 27.5 Å². The number of halogens is 3. The zero-order chi connectivity index (χ0) is 22.1. The SMILES string of the molecule is CC1=C(C2OC=CCN2C(C)(C)C(=O)Cc2cccc(C(F)(F)F)c2)CCC(=O)C1. The third-order valence-electron chi connectivity index (χ3n) is 5.89. The summed E-state index contributed by atoms with van der Waals surface area (Å²) in [5.74, 6) is -0.00935. The van der Waals surface area contributed by atoms with Crippen LogP contribution < -0.4 is 0 Å². The first-order valence-corrected chi connectivity index (χ1v) is 9.97. The lowest BCUT2D eigenvalue weighted by molar-refractivity contribution is -0.138. The zero-order valence-electron chi connectivity index (χ0n) is 17.4. The third-order valence-corrected chi connectivity index (χ3v) is 5.89. The molecule has 0 aromatic heterocycles. The molecule has 0 amide bonds. The highest BCUT2D eigenvalue weighted by atomic mass is 19.4. The molecular formula is C23H26F3NO3. The molecule has 1 aromatic carbocycles. The summed E-state index contributed by atoms with van der Waals surface area (Å²) >= 11 is 0. The summed E-state index contributed by atoms with van der Waals surface area (Å²) in [7, 11) is 0.